The van der Waals surface area contributed by atoms with Crippen LogP contribution in [0.1, 0.15) is 85.5 Å². The highest BCUT2D eigenvalue weighted by Gasteiger charge is 2.19. The Morgan fingerprint density at radius 3 is 2.17 bits per heavy atom. The van der Waals surface area contributed by atoms with Gasteiger partial charge in [0, 0.05) is 6.04 Å². The minimum absolute atomic E-state index is 0.522. The summed E-state index contributed by atoms with van der Waals surface area (Å²) in [7, 11) is 0. The van der Waals surface area contributed by atoms with Crippen LogP contribution < -0.4 is 0 Å². The van der Waals surface area contributed by atoms with Crippen LogP contribution in [0, 0.1) is 5.41 Å². The fourth-order valence-electron chi connectivity index (χ4n) is 3.19. The van der Waals surface area contributed by atoms with E-state index in [1.807, 2.05) is 0 Å². The van der Waals surface area contributed by atoms with Crippen LogP contribution >= 0.6 is 0 Å². The molecule has 108 valence electrons. The molecule has 1 saturated carbocycles. The van der Waals surface area contributed by atoms with Gasteiger partial charge in [0.25, 0.3) is 0 Å². The van der Waals surface area contributed by atoms with E-state index in [2.05, 4.69) is 32.6 Å². The van der Waals surface area contributed by atoms with E-state index in [4.69, 9.17) is 0 Å². The third-order valence-electron chi connectivity index (χ3n) is 4.37. The van der Waals surface area contributed by atoms with Crippen molar-refractivity contribution in [1.29, 1.82) is 0 Å². The van der Waals surface area contributed by atoms with Gasteiger partial charge in [-0.25, -0.2) is 0 Å². The van der Waals surface area contributed by atoms with E-state index in [1.165, 1.54) is 70.9 Å². The molecule has 0 aliphatic heterocycles. The monoisotopic (exact) mass is 253 g/mol. The lowest BCUT2D eigenvalue weighted by Crippen LogP contribution is -2.37. The first-order chi connectivity index (χ1) is 8.53. The molecule has 1 aliphatic carbocycles. The van der Waals surface area contributed by atoms with Gasteiger partial charge in [0.05, 0.1) is 0 Å². The van der Waals surface area contributed by atoms with Crippen LogP contribution in [-0.4, -0.2) is 24.0 Å². The van der Waals surface area contributed by atoms with E-state index in [1.54, 1.807) is 0 Å². The third-order valence-corrected chi connectivity index (χ3v) is 4.37. The summed E-state index contributed by atoms with van der Waals surface area (Å²) < 4.78 is 0. The van der Waals surface area contributed by atoms with Crippen LogP contribution in [0.15, 0.2) is 0 Å². The molecule has 0 amide bonds. The summed E-state index contributed by atoms with van der Waals surface area (Å²) in [4.78, 5) is 2.75. The zero-order valence-corrected chi connectivity index (χ0v) is 13.3. The van der Waals surface area contributed by atoms with Crippen LogP contribution in [-0.2, 0) is 0 Å². The Hall–Kier alpha value is -0.0400. The molecule has 1 fully saturated rings. The third kappa shape index (κ3) is 6.78. The topological polar surface area (TPSA) is 3.24 Å². The van der Waals surface area contributed by atoms with Crippen molar-refractivity contribution < 1.29 is 0 Å². The Labute approximate surface area is 115 Å². The molecular formula is C17H35N. The lowest BCUT2D eigenvalue weighted by atomic mass is 9.89. The van der Waals surface area contributed by atoms with Crippen LogP contribution in [0.5, 0.6) is 0 Å². The molecule has 0 aromatic rings. The molecule has 0 unspecified atom stereocenters. The van der Waals surface area contributed by atoms with Crippen molar-refractivity contribution >= 4 is 0 Å². The van der Waals surface area contributed by atoms with E-state index in [0.717, 1.165) is 6.04 Å². The number of hydrogen-bond acceptors (Lipinski definition) is 1. The molecule has 0 bridgehead atoms. The predicted octanol–water partition coefficient (Wildman–Crippen LogP) is 5.25. The molecule has 0 aromatic heterocycles. The van der Waals surface area contributed by atoms with E-state index in [9.17, 15) is 0 Å². The van der Waals surface area contributed by atoms with Gasteiger partial charge in [0.2, 0.25) is 0 Å². The highest BCUT2D eigenvalue weighted by molar-refractivity contribution is 4.75. The summed E-state index contributed by atoms with van der Waals surface area (Å²) in [6.45, 7) is 12.0. The number of unbranched alkanes of at least 4 members (excludes halogenated alkanes) is 2. The van der Waals surface area contributed by atoms with Gasteiger partial charge < -0.3 is 4.90 Å². The van der Waals surface area contributed by atoms with Crippen molar-refractivity contribution in [3.63, 3.8) is 0 Å². The van der Waals surface area contributed by atoms with E-state index >= 15 is 0 Å². The molecule has 1 aliphatic rings. The van der Waals surface area contributed by atoms with Crippen LogP contribution in [0.4, 0.5) is 0 Å². The lowest BCUT2D eigenvalue weighted by Gasteiger charge is -2.33. The van der Waals surface area contributed by atoms with E-state index in [0.29, 0.717) is 5.41 Å². The van der Waals surface area contributed by atoms with Gasteiger partial charge in [-0.1, -0.05) is 59.8 Å². The van der Waals surface area contributed by atoms with Gasteiger partial charge in [-0.3, -0.25) is 0 Å². The van der Waals surface area contributed by atoms with Crippen molar-refractivity contribution in [2.45, 2.75) is 91.5 Å². The highest BCUT2D eigenvalue weighted by atomic mass is 15.1. The molecule has 0 spiro atoms. The van der Waals surface area contributed by atoms with Crippen molar-refractivity contribution in [2.75, 3.05) is 13.1 Å². The summed E-state index contributed by atoms with van der Waals surface area (Å²) in [6.07, 6.45) is 12.9. The fraction of sp³-hybridized carbons (Fsp3) is 1.00. The van der Waals surface area contributed by atoms with Crippen LogP contribution in [0.25, 0.3) is 0 Å². The van der Waals surface area contributed by atoms with Gasteiger partial charge in [0.15, 0.2) is 0 Å². The Morgan fingerprint density at radius 1 is 0.944 bits per heavy atom. The minimum atomic E-state index is 0.522. The zero-order valence-electron chi connectivity index (χ0n) is 13.3. The molecule has 0 atom stereocenters. The summed E-state index contributed by atoms with van der Waals surface area (Å²) in [6, 6.07) is 0.909. The molecule has 0 heterocycles. The predicted molar refractivity (Wildman–Crippen MR) is 82.0 cm³/mol. The zero-order chi connectivity index (χ0) is 13.4. The molecule has 18 heavy (non-hydrogen) atoms. The van der Waals surface area contributed by atoms with Gasteiger partial charge >= 0.3 is 0 Å². The largest absolute Gasteiger partial charge is 0.301 e. The SMILES string of the molecule is CCN(CCCCCC(C)(C)C)C1CCCCC1. The first kappa shape index (κ1) is 16.0. The molecule has 0 radical (unpaired) electrons. The molecule has 1 rings (SSSR count). The van der Waals surface area contributed by atoms with Gasteiger partial charge in [0.1, 0.15) is 0 Å². The Bertz CT molecular complexity index is 198. The maximum Gasteiger partial charge on any atom is 0.00951 e. The average Bonchev–Trinajstić information content (AvgIpc) is 2.33. The van der Waals surface area contributed by atoms with Crippen LogP contribution in [0.3, 0.4) is 0 Å². The molecular weight excluding hydrogens is 218 g/mol. The molecule has 0 saturated heterocycles. The first-order valence-electron chi connectivity index (χ1n) is 8.27. The van der Waals surface area contributed by atoms with Crippen molar-refractivity contribution in [2.24, 2.45) is 5.41 Å². The molecule has 0 aromatic carbocycles. The van der Waals surface area contributed by atoms with Crippen molar-refractivity contribution in [3.05, 3.63) is 0 Å². The van der Waals surface area contributed by atoms with Gasteiger partial charge in [-0.2, -0.15) is 0 Å². The Morgan fingerprint density at radius 2 is 1.61 bits per heavy atom. The van der Waals surface area contributed by atoms with E-state index < -0.39 is 0 Å². The van der Waals surface area contributed by atoms with Gasteiger partial charge in [-0.05, 0) is 44.2 Å². The number of nitrogens with zero attached hydrogens (tertiary/aromatic N) is 1. The smallest absolute Gasteiger partial charge is 0.00951 e. The van der Waals surface area contributed by atoms with Gasteiger partial charge in [-0.15, -0.1) is 0 Å². The summed E-state index contributed by atoms with van der Waals surface area (Å²) >= 11 is 0. The van der Waals surface area contributed by atoms with Crippen molar-refractivity contribution in [1.82, 2.24) is 4.90 Å². The normalized spacial score (nSPS) is 18.5. The highest BCUT2D eigenvalue weighted by Crippen LogP contribution is 2.24. The van der Waals surface area contributed by atoms with E-state index in [-0.39, 0.29) is 0 Å². The number of hydrogen-bond donors (Lipinski definition) is 0. The molecule has 1 heteroatoms. The quantitative estimate of drug-likeness (QED) is 0.560. The first-order valence-corrected chi connectivity index (χ1v) is 8.27. The van der Waals surface area contributed by atoms with Crippen LogP contribution in [0.2, 0.25) is 0 Å². The standard InChI is InChI=1S/C17H35N/c1-5-18(16-12-8-6-9-13-16)15-11-7-10-14-17(2,3)4/h16H,5-15H2,1-4H3. The second-order valence-electron chi connectivity index (χ2n) is 7.29. The second kappa shape index (κ2) is 8.19. The lowest BCUT2D eigenvalue weighted by molar-refractivity contribution is 0.160. The number of rotatable bonds is 7. The summed E-state index contributed by atoms with van der Waals surface area (Å²) in [5, 5.41) is 0. The van der Waals surface area contributed by atoms with Crippen molar-refractivity contribution in [3.8, 4) is 0 Å². The second-order valence-corrected chi connectivity index (χ2v) is 7.29. The summed E-state index contributed by atoms with van der Waals surface area (Å²) in [5.41, 5.74) is 0.522. The molecule has 0 N–H and O–H groups in total. The fourth-order valence-corrected chi connectivity index (χ4v) is 3.19. The Balaban J connectivity index is 2.11. The Kier molecular flexibility index (Phi) is 7.29. The molecule has 1 nitrogen and oxygen atoms in total. The summed E-state index contributed by atoms with van der Waals surface area (Å²) in [5.74, 6) is 0. The average molecular weight is 253 g/mol. The maximum absolute atomic E-state index is 2.75. The maximum atomic E-state index is 2.75. The minimum Gasteiger partial charge on any atom is -0.301 e.